The number of nitrogens with one attached hydrogen (secondary N) is 2. The summed E-state index contributed by atoms with van der Waals surface area (Å²) in [7, 11) is 0. The van der Waals surface area contributed by atoms with Crippen LogP contribution in [0.3, 0.4) is 0 Å². The van der Waals surface area contributed by atoms with Crippen molar-refractivity contribution in [3.8, 4) is 0 Å². The van der Waals surface area contributed by atoms with Crippen molar-refractivity contribution in [3.05, 3.63) is 33.8 Å². The molecule has 138 valence electrons. The SMILES string of the molecule is CCOC(=O)[C@@H]1CCC[NH+](CC(=O)N[C@@H](C)c2ccc(Cl)cc2Cl)C1. The normalized spacial score (nSPS) is 21.4. The van der Waals surface area contributed by atoms with Crippen LogP contribution < -0.4 is 10.2 Å². The fourth-order valence-electron chi connectivity index (χ4n) is 3.22. The van der Waals surface area contributed by atoms with Gasteiger partial charge in [0, 0.05) is 10.0 Å². The zero-order valence-electron chi connectivity index (χ0n) is 14.6. The van der Waals surface area contributed by atoms with E-state index in [1.165, 1.54) is 0 Å². The topological polar surface area (TPSA) is 59.8 Å². The fraction of sp³-hybridized carbons (Fsp3) is 0.556. The lowest BCUT2D eigenvalue weighted by molar-refractivity contribution is -0.899. The maximum absolute atomic E-state index is 12.4. The molecule has 1 aromatic rings. The lowest BCUT2D eigenvalue weighted by Gasteiger charge is -2.28. The number of likely N-dealkylation sites (tertiary alicyclic amines) is 1. The molecule has 0 aromatic heterocycles. The zero-order chi connectivity index (χ0) is 18.4. The molecule has 1 saturated heterocycles. The van der Waals surface area contributed by atoms with Gasteiger partial charge in [-0.25, -0.2) is 0 Å². The van der Waals surface area contributed by atoms with Gasteiger partial charge in [-0.05, 0) is 44.4 Å². The van der Waals surface area contributed by atoms with Crippen molar-refractivity contribution < 1.29 is 19.2 Å². The molecule has 1 amide bonds. The Labute approximate surface area is 158 Å². The predicted molar refractivity (Wildman–Crippen MR) is 97.9 cm³/mol. The monoisotopic (exact) mass is 387 g/mol. The van der Waals surface area contributed by atoms with Crippen LogP contribution in [0.15, 0.2) is 18.2 Å². The van der Waals surface area contributed by atoms with E-state index in [-0.39, 0.29) is 23.8 Å². The molecule has 1 heterocycles. The van der Waals surface area contributed by atoms with E-state index in [0.717, 1.165) is 29.8 Å². The fourth-order valence-corrected chi connectivity index (χ4v) is 3.80. The van der Waals surface area contributed by atoms with E-state index in [1.807, 2.05) is 19.9 Å². The first kappa shape index (κ1) is 20.0. The molecule has 1 fully saturated rings. The number of rotatable bonds is 6. The number of carbonyl (C=O) groups excluding carboxylic acids is 2. The van der Waals surface area contributed by atoms with Gasteiger partial charge in [-0.15, -0.1) is 0 Å². The van der Waals surface area contributed by atoms with E-state index in [2.05, 4.69) is 5.32 Å². The molecule has 1 unspecified atom stereocenters. The minimum atomic E-state index is -0.206. The van der Waals surface area contributed by atoms with Crippen LogP contribution in [0.2, 0.25) is 10.0 Å². The maximum atomic E-state index is 12.4. The summed E-state index contributed by atoms with van der Waals surface area (Å²) in [5.74, 6) is -0.320. The highest BCUT2D eigenvalue weighted by Gasteiger charge is 2.31. The summed E-state index contributed by atoms with van der Waals surface area (Å²) in [5, 5.41) is 4.07. The van der Waals surface area contributed by atoms with Crippen molar-refractivity contribution in [3.63, 3.8) is 0 Å². The average Bonchev–Trinajstić information content (AvgIpc) is 2.55. The Bertz CT molecular complexity index is 624. The number of hydrogen-bond donors (Lipinski definition) is 2. The standard InChI is InChI=1S/C18H24Cl2N2O3/c1-3-25-18(24)13-5-4-8-22(10-13)11-17(23)21-12(2)15-7-6-14(19)9-16(15)20/h6-7,9,12-13H,3-5,8,10-11H2,1-2H3,(H,21,23)/p+1/t12-,13+/m0/s1. The highest BCUT2D eigenvalue weighted by molar-refractivity contribution is 6.35. The lowest BCUT2D eigenvalue weighted by atomic mass is 9.98. The highest BCUT2D eigenvalue weighted by Crippen LogP contribution is 2.25. The van der Waals surface area contributed by atoms with Crippen LogP contribution >= 0.6 is 23.2 Å². The Balaban J connectivity index is 1.87. The number of carbonyl (C=O) groups is 2. The van der Waals surface area contributed by atoms with Gasteiger partial charge in [0.15, 0.2) is 6.54 Å². The van der Waals surface area contributed by atoms with Crippen LogP contribution in [0.1, 0.15) is 38.3 Å². The zero-order valence-corrected chi connectivity index (χ0v) is 16.1. The quantitative estimate of drug-likeness (QED) is 0.734. The summed E-state index contributed by atoms with van der Waals surface area (Å²) in [4.78, 5) is 25.4. The molecule has 3 atom stereocenters. The van der Waals surface area contributed by atoms with E-state index >= 15 is 0 Å². The van der Waals surface area contributed by atoms with Crippen molar-refractivity contribution in [2.24, 2.45) is 5.92 Å². The Morgan fingerprint density at radius 3 is 2.84 bits per heavy atom. The largest absolute Gasteiger partial charge is 0.466 e. The first-order chi connectivity index (χ1) is 11.9. The molecule has 2 rings (SSSR count). The number of piperidine rings is 1. The van der Waals surface area contributed by atoms with Gasteiger partial charge >= 0.3 is 5.97 Å². The first-order valence-electron chi connectivity index (χ1n) is 8.65. The van der Waals surface area contributed by atoms with Gasteiger partial charge in [0.25, 0.3) is 5.91 Å². The van der Waals surface area contributed by atoms with E-state index in [1.54, 1.807) is 12.1 Å². The van der Waals surface area contributed by atoms with Gasteiger partial charge in [-0.2, -0.15) is 0 Å². The summed E-state index contributed by atoms with van der Waals surface area (Å²) >= 11 is 12.1. The molecule has 0 saturated carbocycles. The molecule has 0 radical (unpaired) electrons. The van der Waals surface area contributed by atoms with Crippen molar-refractivity contribution in [1.82, 2.24) is 5.32 Å². The second kappa shape index (κ2) is 9.41. The molecule has 1 aliphatic rings. The van der Waals surface area contributed by atoms with E-state index in [0.29, 0.717) is 29.7 Å². The third kappa shape index (κ3) is 5.87. The summed E-state index contributed by atoms with van der Waals surface area (Å²) in [6.45, 7) is 5.96. The minimum absolute atomic E-state index is 0.0574. The van der Waals surface area contributed by atoms with Gasteiger partial charge < -0.3 is 15.0 Å². The maximum Gasteiger partial charge on any atom is 0.314 e. The predicted octanol–water partition coefficient (Wildman–Crippen LogP) is 2.03. The van der Waals surface area contributed by atoms with Crippen molar-refractivity contribution in [2.45, 2.75) is 32.7 Å². The van der Waals surface area contributed by atoms with E-state index < -0.39 is 0 Å². The molecular formula is C18H25Cl2N2O3+. The molecule has 1 aliphatic heterocycles. The van der Waals surface area contributed by atoms with Crippen molar-refractivity contribution in [1.29, 1.82) is 0 Å². The second-order valence-corrected chi connectivity index (χ2v) is 7.27. The van der Waals surface area contributed by atoms with Gasteiger partial charge in [0.2, 0.25) is 0 Å². The van der Waals surface area contributed by atoms with Gasteiger partial charge in [0.05, 0.1) is 25.7 Å². The number of benzene rings is 1. The molecule has 7 heteroatoms. The summed E-state index contributed by atoms with van der Waals surface area (Å²) in [6.07, 6.45) is 1.76. The molecule has 5 nitrogen and oxygen atoms in total. The first-order valence-corrected chi connectivity index (χ1v) is 9.40. The third-order valence-corrected chi connectivity index (χ3v) is 5.02. The van der Waals surface area contributed by atoms with Crippen LogP contribution in [-0.2, 0) is 14.3 Å². The number of ether oxygens (including phenoxy) is 1. The highest BCUT2D eigenvalue weighted by atomic mass is 35.5. The van der Waals surface area contributed by atoms with E-state index in [4.69, 9.17) is 27.9 Å². The Morgan fingerprint density at radius 1 is 1.40 bits per heavy atom. The summed E-state index contributed by atoms with van der Waals surface area (Å²) < 4.78 is 5.10. The van der Waals surface area contributed by atoms with E-state index in [9.17, 15) is 9.59 Å². The minimum Gasteiger partial charge on any atom is -0.466 e. The Kier molecular flexibility index (Phi) is 7.54. The summed E-state index contributed by atoms with van der Waals surface area (Å²) in [6, 6.07) is 5.04. The smallest absolute Gasteiger partial charge is 0.314 e. The van der Waals surface area contributed by atoms with Crippen LogP contribution in [0, 0.1) is 5.92 Å². The number of hydrogen-bond acceptors (Lipinski definition) is 3. The molecule has 1 aromatic carbocycles. The molecule has 25 heavy (non-hydrogen) atoms. The third-order valence-electron chi connectivity index (χ3n) is 4.45. The van der Waals surface area contributed by atoms with Crippen LogP contribution in [0.5, 0.6) is 0 Å². The number of quaternary nitrogens is 1. The molecular weight excluding hydrogens is 363 g/mol. The molecule has 0 spiro atoms. The Morgan fingerprint density at radius 2 is 2.16 bits per heavy atom. The Hall–Kier alpha value is -1.30. The molecule has 0 aliphatic carbocycles. The average molecular weight is 388 g/mol. The summed E-state index contributed by atoms with van der Waals surface area (Å²) in [5.41, 5.74) is 0.831. The molecule has 2 N–H and O–H groups in total. The van der Waals surface area contributed by atoms with Gasteiger partial charge in [-0.3, -0.25) is 9.59 Å². The van der Waals surface area contributed by atoms with Crippen LogP contribution in [0.25, 0.3) is 0 Å². The van der Waals surface area contributed by atoms with Gasteiger partial charge in [-0.1, -0.05) is 29.3 Å². The number of halogens is 2. The van der Waals surface area contributed by atoms with Crippen LogP contribution in [0.4, 0.5) is 0 Å². The number of amides is 1. The second-order valence-electron chi connectivity index (χ2n) is 6.43. The molecule has 0 bridgehead atoms. The van der Waals surface area contributed by atoms with Crippen LogP contribution in [-0.4, -0.2) is 38.1 Å². The lowest BCUT2D eigenvalue weighted by Crippen LogP contribution is -3.14. The van der Waals surface area contributed by atoms with Gasteiger partial charge in [0.1, 0.15) is 5.92 Å². The van der Waals surface area contributed by atoms with Crippen molar-refractivity contribution in [2.75, 3.05) is 26.2 Å². The number of esters is 1. The van der Waals surface area contributed by atoms with Crippen molar-refractivity contribution >= 4 is 35.1 Å².